The molecule has 0 unspecified atom stereocenters. The first kappa shape index (κ1) is 9.74. The number of hydrogen-bond donors (Lipinski definition) is 0. The van der Waals surface area contributed by atoms with Crippen LogP contribution in [0, 0.1) is 0 Å². The van der Waals surface area contributed by atoms with E-state index in [0.717, 1.165) is 11.2 Å². The van der Waals surface area contributed by atoms with Crippen molar-refractivity contribution in [3.8, 4) is 0 Å². The van der Waals surface area contributed by atoms with Crippen molar-refractivity contribution in [3.05, 3.63) is 28.1 Å². The van der Waals surface area contributed by atoms with Gasteiger partial charge in [-0.3, -0.25) is 0 Å². The van der Waals surface area contributed by atoms with Crippen LogP contribution in [0.25, 0.3) is 5.65 Å². The number of hydrogen-bond acceptors (Lipinski definition) is 2. The van der Waals surface area contributed by atoms with Gasteiger partial charge in [-0.1, -0.05) is 37.0 Å². The van der Waals surface area contributed by atoms with Crippen LogP contribution in [0.3, 0.4) is 0 Å². The van der Waals surface area contributed by atoms with Gasteiger partial charge in [0.2, 0.25) is 0 Å². The van der Waals surface area contributed by atoms with E-state index in [9.17, 15) is 0 Å². The summed E-state index contributed by atoms with van der Waals surface area (Å²) in [4.78, 5) is 4.20. The molecular weight excluding hydrogens is 221 g/mol. The molecule has 3 nitrogen and oxygen atoms in total. The average molecular weight is 230 g/mol. The van der Waals surface area contributed by atoms with E-state index in [2.05, 4.69) is 23.9 Å². The van der Waals surface area contributed by atoms with Gasteiger partial charge in [0, 0.05) is 11.6 Å². The molecule has 0 atom stereocenters. The zero-order valence-corrected chi connectivity index (χ0v) is 9.34. The molecule has 0 aliphatic heterocycles. The van der Waals surface area contributed by atoms with Crippen molar-refractivity contribution in [2.45, 2.75) is 19.8 Å². The Morgan fingerprint density at radius 1 is 1.36 bits per heavy atom. The van der Waals surface area contributed by atoms with Gasteiger partial charge in [0.15, 0.2) is 5.65 Å². The largest absolute Gasteiger partial charge is 0.216 e. The molecular formula is C9H9Cl2N3. The highest BCUT2D eigenvalue weighted by molar-refractivity contribution is 6.33. The van der Waals surface area contributed by atoms with E-state index in [-0.39, 0.29) is 0 Å². The second-order valence-corrected chi connectivity index (χ2v) is 4.17. The molecule has 0 aromatic carbocycles. The summed E-state index contributed by atoms with van der Waals surface area (Å²) in [5.74, 6) is 0.356. The Morgan fingerprint density at radius 3 is 2.71 bits per heavy atom. The van der Waals surface area contributed by atoms with Crippen molar-refractivity contribution in [1.29, 1.82) is 0 Å². The summed E-state index contributed by atoms with van der Waals surface area (Å²) in [6, 6.07) is 1.58. The molecule has 74 valence electrons. The van der Waals surface area contributed by atoms with Crippen LogP contribution in [-0.4, -0.2) is 14.6 Å². The number of fused-ring (bicyclic) bond motifs is 1. The first-order valence-corrected chi connectivity index (χ1v) is 5.05. The Morgan fingerprint density at radius 2 is 2.07 bits per heavy atom. The topological polar surface area (TPSA) is 30.2 Å². The molecule has 0 saturated carbocycles. The maximum Gasteiger partial charge on any atom is 0.161 e. The van der Waals surface area contributed by atoms with Crippen molar-refractivity contribution < 1.29 is 0 Å². The molecule has 2 rings (SSSR count). The minimum absolute atomic E-state index is 0.356. The molecule has 2 aromatic heterocycles. The average Bonchev–Trinajstić information content (AvgIpc) is 2.47. The molecule has 0 saturated heterocycles. The zero-order chi connectivity index (χ0) is 10.3. The maximum atomic E-state index is 5.96. The van der Waals surface area contributed by atoms with Gasteiger partial charge in [0.1, 0.15) is 10.3 Å². The molecule has 0 amide bonds. The second kappa shape index (κ2) is 3.41. The highest BCUT2D eigenvalue weighted by Crippen LogP contribution is 2.23. The molecule has 0 bridgehead atoms. The van der Waals surface area contributed by atoms with Crippen molar-refractivity contribution in [1.82, 2.24) is 14.6 Å². The monoisotopic (exact) mass is 229 g/mol. The second-order valence-electron chi connectivity index (χ2n) is 3.39. The van der Waals surface area contributed by atoms with E-state index in [4.69, 9.17) is 23.2 Å². The molecule has 2 heterocycles. The van der Waals surface area contributed by atoms with E-state index < -0.39 is 0 Å². The lowest BCUT2D eigenvalue weighted by molar-refractivity contribution is 0.872. The number of nitrogens with zero attached hydrogens (tertiary/aromatic N) is 3. The van der Waals surface area contributed by atoms with E-state index in [0.29, 0.717) is 16.2 Å². The highest BCUT2D eigenvalue weighted by Gasteiger charge is 2.11. The van der Waals surface area contributed by atoms with Gasteiger partial charge in [0.25, 0.3) is 0 Å². The SMILES string of the molecule is CC(C)c1cnn2c(Cl)cc(Cl)nc12. The van der Waals surface area contributed by atoms with Crippen LogP contribution >= 0.6 is 23.2 Å². The first-order chi connectivity index (χ1) is 6.59. The molecule has 5 heteroatoms. The van der Waals surface area contributed by atoms with Crippen LogP contribution in [0.5, 0.6) is 0 Å². The van der Waals surface area contributed by atoms with Crippen molar-refractivity contribution in [3.63, 3.8) is 0 Å². The third kappa shape index (κ3) is 1.47. The van der Waals surface area contributed by atoms with Gasteiger partial charge in [-0.05, 0) is 5.92 Å². The van der Waals surface area contributed by atoms with E-state index in [1.165, 1.54) is 0 Å². The standard InChI is InChI=1S/C9H9Cl2N3/c1-5(2)6-4-12-14-8(11)3-7(10)13-9(6)14/h3-5H,1-2H3. The van der Waals surface area contributed by atoms with Gasteiger partial charge in [-0.15, -0.1) is 0 Å². The summed E-state index contributed by atoms with van der Waals surface area (Å²) < 4.78 is 1.59. The van der Waals surface area contributed by atoms with Gasteiger partial charge in [-0.25, -0.2) is 9.50 Å². The van der Waals surface area contributed by atoms with Crippen LogP contribution < -0.4 is 0 Å². The Kier molecular flexibility index (Phi) is 2.37. The molecule has 0 aliphatic rings. The predicted molar refractivity (Wildman–Crippen MR) is 57.1 cm³/mol. The fraction of sp³-hybridized carbons (Fsp3) is 0.333. The Balaban J connectivity index is 2.78. The first-order valence-electron chi connectivity index (χ1n) is 4.29. The van der Waals surface area contributed by atoms with Gasteiger partial charge in [-0.2, -0.15) is 5.10 Å². The number of aromatic nitrogens is 3. The van der Waals surface area contributed by atoms with Crippen LogP contribution in [0.4, 0.5) is 0 Å². The lowest BCUT2D eigenvalue weighted by Gasteiger charge is -2.02. The predicted octanol–water partition coefficient (Wildman–Crippen LogP) is 3.16. The zero-order valence-electron chi connectivity index (χ0n) is 7.83. The molecule has 0 N–H and O–H groups in total. The Bertz CT molecular complexity index is 476. The molecule has 0 fully saturated rings. The van der Waals surface area contributed by atoms with Crippen LogP contribution in [0.15, 0.2) is 12.3 Å². The lowest BCUT2D eigenvalue weighted by atomic mass is 10.1. The van der Waals surface area contributed by atoms with E-state index in [1.54, 1.807) is 16.8 Å². The fourth-order valence-corrected chi connectivity index (χ4v) is 1.79. The highest BCUT2D eigenvalue weighted by atomic mass is 35.5. The Labute approximate surface area is 91.7 Å². The number of rotatable bonds is 1. The summed E-state index contributed by atoms with van der Waals surface area (Å²) >= 11 is 11.8. The number of halogens is 2. The lowest BCUT2D eigenvalue weighted by Crippen LogP contribution is -1.94. The normalized spacial score (nSPS) is 11.5. The quantitative estimate of drug-likeness (QED) is 0.704. The molecule has 0 aliphatic carbocycles. The Hall–Kier alpha value is -0.800. The van der Waals surface area contributed by atoms with Gasteiger partial charge < -0.3 is 0 Å². The van der Waals surface area contributed by atoms with Gasteiger partial charge in [0.05, 0.1) is 6.20 Å². The summed E-state index contributed by atoms with van der Waals surface area (Å²) in [6.45, 7) is 4.15. The van der Waals surface area contributed by atoms with Crippen LogP contribution in [0.1, 0.15) is 25.3 Å². The molecule has 14 heavy (non-hydrogen) atoms. The minimum Gasteiger partial charge on any atom is -0.216 e. The van der Waals surface area contributed by atoms with Gasteiger partial charge >= 0.3 is 0 Å². The van der Waals surface area contributed by atoms with Crippen LogP contribution in [0.2, 0.25) is 10.3 Å². The third-order valence-electron chi connectivity index (χ3n) is 2.05. The van der Waals surface area contributed by atoms with Crippen molar-refractivity contribution in [2.75, 3.05) is 0 Å². The van der Waals surface area contributed by atoms with E-state index in [1.807, 2.05) is 0 Å². The van der Waals surface area contributed by atoms with Crippen molar-refractivity contribution >= 4 is 28.8 Å². The smallest absolute Gasteiger partial charge is 0.161 e. The third-order valence-corrected chi connectivity index (χ3v) is 2.51. The molecule has 0 radical (unpaired) electrons. The van der Waals surface area contributed by atoms with Crippen molar-refractivity contribution in [2.24, 2.45) is 0 Å². The fourth-order valence-electron chi connectivity index (χ4n) is 1.32. The summed E-state index contributed by atoms with van der Waals surface area (Å²) in [5.41, 5.74) is 1.78. The van der Waals surface area contributed by atoms with E-state index >= 15 is 0 Å². The minimum atomic E-state index is 0.356. The molecule has 0 spiro atoms. The molecule has 2 aromatic rings. The summed E-state index contributed by atoms with van der Waals surface area (Å²) in [7, 11) is 0. The maximum absolute atomic E-state index is 5.96. The summed E-state index contributed by atoms with van der Waals surface area (Å²) in [5, 5.41) is 5.02. The van der Waals surface area contributed by atoms with Crippen LogP contribution in [-0.2, 0) is 0 Å². The summed E-state index contributed by atoms with van der Waals surface area (Å²) in [6.07, 6.45) is 1.77.